The Labute approximate surface area is 122 Å². The molecular formula is C16H16FN3O. The van der Waals surface area contributed by atoms with Gasteiger partial charge < -0.3 is 15.1 Å². The van der Waals surface area contributed by atoms with Gasteiger partial charge in [0.25, 0.3) is 6.01 Å². The number of anilines is 2. The maximum atomic E-state index is 13.0. The van der Waals surface area contributed by atoms with E-state index in [0.717, 1.165) is 25.2 Å². The summed E-state index contributed by atoms with van der Waals surface area (Å²) < 4.78 is 18.5. The van der Waals surface area contributed by atoms with Crippen molar-refractivity contribution in [3.05, 3.63) is 54.3 Å². The zero-order valence-corrected chi connectivity index (χ0v) is 11.5. The molecule has 1 aromatic heterocycles. The van der Waals surface area contributed by atoms with Gasteiger partial charge >= 0.3 is 0 Å². The Kier molecular flexibility index (Phi) is 4.00. The van der Waals surface area contributed by atoms with Crippen LogP contribution in [0.2, 0.25) is 0 Å². The Morgan fingerprint density at radius 1 is 1.00 bits per heavy atom. The summed E-state index contributed by atoms with van der Waals surface area (Å²) in [6, 6.07) is 14.8. The Morgan fingerprint density at radius 2 is 1.81 bits per heavy atom. The van der Waals surface area contributed by atoms with Crippen LogP contribution in [0.4, 0.5) is 16.1 Å². The molecule has 5 heteroatoms. The molecule has 0 aliphatic carbocycles. The summed E-state index contributed by atoms with van der Waals surface area (Å²) in [7, 11) is 0. The second-order valence-corrected chi connectivity index (χ2v) is 4.70. The molecule has 108 valence electrons. The molecule has 0 aliphatic rings. The van der Waals surface area contributed by atoms with Crippen LogP contribution in [0, 0.1) is 5.82 Å². The van der Waals surface area contributed by atoms with Crippen LogP contribution in [-0.4, -0.2) is 18.1 Å². The minimum Gasteiger partial charge on any atom is -0.424 e. The molecule has 0 amide bonds. The normalized spacial score (nSPS) is 10.7. The highest BCUT2D eigenvalue weighted by molar-refractivity contribution is 5.74. The fraction of sp³-hybridized carbons (Fsp3) is 0.188. The highest BCUT2D eigenvalue weighted by Gasteiger charge is 2.05. The number of benzene rings is 2. The van der Waals surface area contributed by atoms with E-state index in [9.17, 15) is 4.39 Å². The molecule has 2 N–H and O–H groups in total. The Hall–Kier alpha value is -2.56. The van der Waals surface area contributed by atoms with Crippen molar-refractivity contribution in [3.63, 3.8) is 0 Å². The molecule has 0 atom stereocenters. The third-order valence-electron chi connectivity index (χ3n) is 3.08. The lowest BCUT2D eigenvalue weighted by molar-refractivity contribution is 0.609. The average Bonchev–Trinajstić information content (AvgIpc) is 2.90. The number of aromatic nitrogens is 1. The monoisotopic (exact) mass is 285 g/mol. The van der Waals surface area contributed by atoms with Crippen molar-refractivity contribution in [2.24, 2.45) is 0 Å². The van der Waals surface area contributed by atoms with E-state index in [2.05, 4.69) is 15.6 Å². The van der Waals surface area contributed by atoms with Crippen molar-refractivity contribution in [1.29, 1.82) is 0 Å². The SMILES string of the molecule is Fc1ccc2oc(NCCCNc3ccccc3)nc2c1. The Balaban J connectivity index is 1.46. The summed E-state index contributed by atoms with van der Waals surface area (Å²) in [5, 5.41) is 6.42. The molecule has 3 rings (SSSR count). The van der Waals surface area contributed by atoms with Gasteiger partial charge in [-0.15, -0.1) is 0 Å². The average molecular weight is 285 g/mol. The number of fused-ring (bicyclic) bond motifs is 1. The molecule has 0 aliphatic heterocycles. The molecule has 0 spiro atoms. The van der Waals surface area contributed by atoms with Gasteiger partial charge in [0.2, 0.25) is 0 Å². The van der Waals surface area contributed by atoms with Crippen LogP contribution in [0.25, 0.3) is 11.1 Å². The molecule has 0 bridgehead atoms. The van der Waals surface area contributed by atoms with E-state index in [-0.39, 0.29) is 5.82 Å². The van der Waals surface area contributed by atoms with Crippen LogP contribution in [0.15, 0.2) is 52.9 Å². The molecule has 0 fully saturated rings. The van der Waals surface area contributed by atoms with Crippen molar-refractivity contribution >= 4 is 22.8 Å². The molecular weight excluding hydrogens is 269 g/mol. The van der Waals surface area contributed by atoms with E-state index in [4.69, 9.17) is 4.42 Å². The molecule has 0 saturated carbocycles. The zero-order valence-electron chi connectivity index (χ0n) is 11.5. The summed E-state index contributed by atoms with van der Waals surface area (Å²) in [6.07, 6.45) is 0.919. The lowest BCUT2D eigenvalue weighted by Crippen LogP contribution is -2.09. The minimum atomic E-state index is -0.311. The van der Waals surface area contributed by atoms with E-state index in [1.54, 1.807) is 6.07 Å². The van der Waals surface area contributed by atoms with Gasteiger partial charge in [0, 0.05) is 24.8 Å². The number of para-hydroxylation sites is 1. The molecule has 3 aromatic rings. The molecule has 1 heterocycles. The number of hydrogen-bond acceptors (Lipinski definition) is 4. The topological polar surface area (TPSA) is 50.1 Å². The van der Waals surface area contributed by atoms with Crippen LogP contribution in [0.3, 0.4) is 0 Å². The summed E-state index contributed by atoms with van der Waals surface area (Å²) in [4.78, 5) is 4.19. The molecule has 0 unspecified atom stereocenters. The second-order valence-electron chi connectivity index (χ2n) is 4.70. The first-order valence-corrected chi connectivity index (χ1v) is 6.90. The summed E-state index contributed by atoms with van der Waals surface area (Å²) in [6.45, 7) is 1.58. The van der Waals surface area contributed by atoms with Gasteiger partial charge in [-0.2, -0.15) is 4.98 Å². The maximum Gasteiger partial charge on any atom is 0.295 e. The Bertz CT molecular complexity index is 712. The third-order valence-corrected chi connectivity index (χ3v) is 3.08. The van der Waals surface area contributed by atoms with Gasteiger partial charge in [0.1, 0.15) is 11.3 Å². The second kappa shape index (κ2) is 6.26. The highest BCUT2D eigenvalue weighted by atomic mass is 19.1. The number of nitrogens with zero attached hydrogens (tertiary/aromatic N) is 1. The van der Waals surface area contributed by atoms with Gasteiger partial charge in [-0.05, 0) is 30.7 Å². The van der Waals surface area contributed by atoms with E-state index >= 15 is 0 Å². The van der Waals surface area contributed by atoms with Crippen LogP contribution in [0.1, 0.15) is 6.42 Å². The van der Waals surface area contributed by atoms with E-state index in [1.807, 2.05) is 30.3 Å². The van der Waals surface area contributed by atoms with Crippen LogP contribution < -0.4 is 10.6 Å². The predicted octanol–water partition coefficient (Wildman–Crippen LogP) is 3.88. The van der Waals surface area contributed by atoms with E-state index in [0.29, 0.717) is 17.1 Å². The van der Waals surface area contributed by atoms with Crippen molar-refractivity contribution in [2.75, 3.05) is 23.7 Å². The summed E-state index contributed by atoms with van der Waals surface area (Å²) in [5.74, 6) is -0.311. The summed E-state index contributed by atoms with van der Waals surface area (Å²) >= 11 is 0. The predicted molar refractivity (Wildman–Crippen MR) is 82.0 cm³/mol. The van der Waals surface area contributed by atoms with Gasteiger partial charge in [0.15, 0.2) is 5.58 Å². The van der Waals surface area contributed by atoms with Gasteiger partial charge in [0.05, 0.1) is 0 Å². The first-order valence-electron chi connectivity index (χ1n) is 6.90. The largest absolute Gasteiger partial charge is 0.424 e. The fourth-order valence-electron chi connectivity index (χ4n) is 2.05. The number of oxazole rings is 1. The molecule has 4 nitrogen and oxygen atoms in total. The van der Waals surface area contributed by atoms with Gasteiger partial charge in [-0.3, -0.25) is 0 Å². The third kappa shape index (κ3) is 3.51. The standard InChI is InChI=1S/C16H16FN3O/c17-12-7-8-15-14(11-12)20-16(21-15)19-10-4-9-18-13-5-2-1-3-6-13/h1-3,5-8,11,18H,4,9-10H2,(H,19,20). The molecule has 21 heavy (non-hydrogen) atoms. The lowest BCUT2D eigenvalue weighted by Gasteiger charge is -2.05. The van der Waals surface area contributed by atoms with Crippen LogP contribution in [-0.2, 0) is 0 Å². The number of halogens is 1. The smallest absolute Gasteiger partial charge is 0.295 e. The first kappa shape index (κ1) is 13.4. The van der Waals surface area contributed by atoms with Crippen molar-refractivity contribution in [1.82, 2.24) is 4.98 Å². The van der Waals surface area contributed by atoms with Crippen LogP contribution in [0.5, 0.6) is 0 Å². The molecule has 2 aromatic carbocycles. The number of hydrogen-bond donors (Lipinski definition) is 2. The fourth-order valence-corrected chi connectivity index (χ4v) is 2.05. The first-order chi connectivity index (χ1) is 10.3. The summed E-state index contributed by atoms with van der Waals surface area (Å²) in [5.41, 5.74) is 2.22. The van der Waals surface area contributed by atoms with Crippen LogP contribution >= 0.6 is 0 Å². The minimum absolute atomic E-state index is 0.311. The van der Waals surface area contributed by atoms with Crippen molar-refractivity contribution in [3.8, 4) is 0 Å². The maximum absolute atomic E-state index is 13.0. The van der Waals surface area contributed by atoms with Crippen molar-refractivity contribution in [2.45, 2.75) is 6.42 Å². The van der Waals surface area contributed by atoms with Crippen molar-refractivity contribution < 1.29 is 8.81 Å². The van der Waals surface area contributed by atoms with E-state index < -0.39 is 0 Å². The molecule has 0 radical (unpaired) electrons. The number of rotatable bonds is 6. The zero-order chi connectivity index (χ0) is 14.5. The van der Waals surface area contributed by atoms with Gasteiger partial charge in [-0.1, -0.05) is 18.2 Å². The molecule has 0 saturated heterocycles. The Morgan fingerprint density at radius 3 is 2.67 bits per heavy atom. The number of nitrogens with one attached hydrogen (secondary N) is 2. The highest BCUT2D eigenvalue weighted by Crippen LogP contribution is 2.19. The van der Waals surface area contributed by atoms with Gasteiger partial charge in [-0.25, -0.2) is 4.39 Å². The lowest BCUT2D eigenvalue weighted by atomic mass is 10.3. The van der Waals surface area contributed by atoms with E-state index in [1.165, 1.54) is 12.1 Å². The quantitative estimate of drug-likeness (QED) is 0.675.